The Morgan fingerprint density at radius 3 is 2.64 bits per heavy atom. The van der Waals surface area contributed by atoms with Gasteiger partial charge in [-0.05, 0) is 17.2 Å². The molecular weight excluding hydrogens is 326 g/mol. The van der Waals surface area contributed by atoms with E-state index < -0.39 is 23.9 Å². The number of carbonyl (C=O) groups is 3. The minimum absolute atomic E-state index is 0.0830. The molecule has 1 atom stereocenters. The highest BCUT2D eigenvalue weighted by atomic mass is 16.5. The number of methoxy groups -OCH3 is 1. The number of aromatic nitrogens is 2. The summed E-state index contributed by atoms with van der Waals surface area (Å²) in [5, 5.41) is 13.0. The van der Waals surface area contributed by atoms with Crippen molar-refractivity contribution in [2.75, 3.05) is 7.11 Å². The van der Waals surface area contributed by atoms with Crippen molar-refractivity contribution < 1.29 is 24.2 Å². The van der Waals surface area contributed by atoms with Crippen LogP contribution in [0.15, 0.2) is 36.5 Å². The zero-order valence-electron chi connectivity index (χ0n) is 13.6. The first-order chi connectivity index (χ1) is 12.0. The number of hydrogen-bond acceptors (Lipinski definition) is 5. The van der Waals surface area contributed by atoms with Crippen LogP contribution in [0.3, 0.4) is 0 Å². The van der Waals surface area contributed by atoms with Crippen LogP contribution in [0.5, 0.6) is 0 Å². The molecule has 0 bridgehead atoms. The van der Waals surface area contributed by atoms with Crippen LogP contribution in [0.2, 0.25) is 0 Å². The van der Waals surface area contributed by atoms with Crippen molar-refractivity contribution >= 4 is 17.8 Å². The lowest BCUT2D eigenvalue weighted by Crippen LogP contribution is -2.50. The number of ether oxygens (including phenoxy) is 1. The Labute approximate surface area is 143 Å². The standard InChI is InChI=1S/C17H17N3O5/c1-25-17(24)14-8-11-4-2-3-5-12(11)9-19(14)15(21)10-20-13(16(22)23)6-7-18-20/h2-7,14H,8-10H2,1H3,(H,22,23). The number of amides is 1. The van der Waals surface area contributed by atoms with Crippen molar-refractivity contribution in [3.8, 4) is 0 Å². The molecule has 8 heteroatoms. The Hall–Kier alpha value is -3.16. The van der Waals surface area contributed by atoms with Gasteiger partial charge in [0.1, 0.15) is 18.3 Å². The molecule has 8 nitrogen and oxygen atoms in total. The molecule has 1 amide bonds. The van der Waals surface area contributed by atoms with Crippen LogP contribution < -0.4 is 0 Å². The average molecular weight is 343 g/mol. The second-order valence-corrected chi connectivity index (χ2v) is 5.71. The summed E-state index contributed by atoms with van der Waals surface area (Å²) in [7, 11) is 1.28. The summed E-state index contributed by atoms with van der Waals surface area (Å²) < 4.78 is 5.94. The fourth-order valence-electron chi connectivity index (χ4n) is 2.99. The summed E-state index contributed by atoms with van der Waals surface area (Å²) >= 11 is 0. The second kappa shape index (κ2) is 6.76. The molecule has 0 spiro atoms. The first-order valence-electron chi connectivity index (χ1n) is 7.70. The number of benzene rings is 1. The summed E-state index contributed by atoms with van der Waals surface area (Å²) in [6.45, 7) is 0.00272. The molecule has 1 unspecified atom stereocenters. The minimum atomic E-state index is -1.17. The van der Waals surface area contributed by atoms with Crippen molar-refractivity contribution in [2.45, 2.75) is 25.6 Å². The molecule has 2 heterocycles. The van der Waals surface area contributed by atoms with Crippen molar-refractivity contribution in [1.82, 2.24) is 14.7 Å². The molecule has 0 saturated carbocycles. The molecule has 2 aromatic rings. The molecule has 0 saturated heterocycles. The highest BCUT2D eigenvalue weighted by Gasteiger charge is 2.35. The molecule has 1 N–H and O–H groups in total. The van der Waals surface area contributed by atoms with Crippen LogP contribution in [0.1, 0.15) is 21.6 Å². The van der Waals surface area contributed by atoms with Gasteiger partial charge >= 0.3 is 11.9 Å². The molecule has 1 aromatic heterocycles. The van der Waals surface area contributed by atoms with E-state index >= 15 is 0 Å². The van der Waals surface area contributed by atoms with E-state index in [-0.39, 0.29) is 18.8 Å². The zero-order valence-corrected chi connectivity index (χ0v) is 13.6. The van der Waals surface area contributed by atoms with Gasteiger partial charge in [0.2, 0.25) is 5.91 Å². The lowest BCUT2D eigenvalue weighted by Gasteiger charge is -2.35. The topological polar surface area (TPSA) is 102 Å². The van der Waals surface area contributed by atoms with Gasteiger partial charge in [0.25, 0.3) is 0 Å². The molecule has 0 radical (unpaired) electrons. The summed E-state index contributed by atoms with van der Waals surface area (Å²) in [6, 6.07) is 8.15. The number of aromatic carboxylic acids is 1. The number of hydrogen-bond donors (Lipinski definition) is 1. The van der Waals surface area contributed by atoms with E-state index in [9.17, 15) is 14.4 Å². The maximum absolute atomic E-state index is 12.7. The largest absolute Gasteiger partial charge is 0.477 e. The number of carboxylic acid groups (broad SMARTS) is 1. The molecule has 25 heavy (non-hydrogen) atoms. The van der Waals surface area contributed by atoms with Gasteiger partial charge in [0.05, 0.1) is 7.11 Å². The molecule has 1 aliphatic rings. The quantitative estimate of drug-likeness (QED) is 0.820. The van der Waals surface area contributed by atoms with Crippen LogP contribution in [-0.4, -0.2) is 50.8 Å². The van der Waals surface area contributed by atoms with E-state index in [1.165, 1.54) is 24.3 Å². The number of nitrogens with zero attached hydrogens (tertiary/aromatic N) is 3. The van der Waals surface area contributed by atoms with Crippen LogP contribution in [0.25, 0.3) is 0 Å². The first-order valence-corrected chi connectivity index (χ1v) is 7.70. The Morgan fingerprint density at radius 1 is 1.24 bits per heavy atom. The van der Waals surface area contributed by atoms with E-state index in [1.807, 2.05) is 24.3 Å². The molecule has 1 aliphatic heterocycles. The van der Waals surface area contributed by atoms with Crippen molar-refractivity contribution in [3.63, 3.8) is 0 Å². The third kappa shape index (κ3) is 3.23. The van der Waals surface area contributed by atoms with Gasteiger partial charge in [-0.1, -0.05) is 24.3 Å². The predicted octanol–water partition coefficient (Wildman–Crippen LogP) is 0.708. The number of esters is 1. The number of fused-ring (bicyclic) bond motifs is 1. The summed E-state index contributed by atoms with van der Waals surface area (Å²) in [5.41, 5.74) is 1.86. The third-order valence-corrected chi connectivity index (χ3v) is 4.26. The van der Waals surface area contributed by atoms with Crippen LogP contribution in [-0.2, 0) is 33.8 Å². The first kappa shape index (κ1) is 16.7. The van der Waals surface area contributed by atoms with Gasteiger partial charge in [0.15, 0.2) is 0 Å². The number of carboxylic acids is 1. The predicted molar refractivity (Wildman–Crippen MR) is 85.7 cm³/mol. The Bertz CT molecular complexity index is 829. The van der Waals surface area contributed by atoms with E-state index in [2.05, 4.69) is 5.10 Å². The van der Waals surface area contributed by atoms with E-state index in [1.54, 1.807) is 0 Å². The molecule has 3 rings (SSSR count). The van der Waals surface area contributed by atoms with E-state index in [0.717, 1.165) is 15.8 Å². The van der Waals surface area contributed by atoms with Crippen molar-refractivity contribution in [2.24, 2.45) is 0 Å². The second-order valence-electron chi connectivity index (χ2n) is 5.71. The van der Waals surface area contributed by atoms with Gasteiger partial charge in [-0.3, -0.25) is 4.79 Å². The normalized spacial score (nSPS) is 16.2. The van der Waals surface area contributed by atoms with Crippen molar-refractivity contribution in [1.29, 1.82) is 0 Å². The van der Waals surface area contributed by atoms with Gasteiger partial charge in [-0.25, -0.2) is 14.3 Å². The zero-order chi connectivity index (χ0) is 18.0. The number of rotatable bonds is 4. The van der Waals surface area contributed by atoms with Gasteiger partial charge < -0.3 is 14.7 Å². The smallest absolute Gasteiger partial charge is 0.354 e. The fourth-order valence-corrected chi connectivity index (χ4v) is 2.99. The van der Waals surface area contributed by atoms with Gasteiger partial charge in [-0.2, -0.15) is 5.10 Å². The molecule has 0 aliphatic carbocycles. The summed E-state index contributed by atoms with van der Waals surface area (Å²) in [5.74, 6) is -2.06. The molecular formula is C17H17N3O5. The maximum Gasteiger partial charge on any atom is 0.354 e. The summed E-state index contributed by atoms with van der Waals surface area (Å²) in [4.78, 5) is 37.5. The Morgan fingerprint density at radius 2 is 1.96 bits per heavy atom. The SMILES string of the molecule is COC(=O)C1Cc2ccccc2CN1C(=O)Cn1nccc1C(=O)O. The van der Waals surface area contributed by atoms with Gasteiger partial charge in [0, 0.05) is 19.2 Å². The third-order valence-electron chi connectivity index (χ3n) is 4.26. The Balaban J connectivity index is 1.87. The Kier molecular flexibility index (Phi) is 4.51. The average Bonchev–Trinajstić information content (AvgIpc) is 3.08. The molecule has 130 valence electrons. The fraction of sp³-hybridized carbons (Fsp3) is 0.294. The van der Waals surface area contributed by atoms with Crippen LogP contribution >= 0.6 is 0 Å². The van der Waals surface area contributed by atoms with E-state index in [0.29, 0.717) is 6.42 Å². The molecule has 1 aromatic carbocycles. The van der Waals surface area contributed by atoms with Crippen LogP contribution in [0, 0.1) is 0 Å². The molecule has 0 fully saturated rings. The number of carbonyl (C=O) groups excluding carboxylic acids is 2. The minimum Gasteiger partial charge on any atom is -0.477 e. The van der Waals surface area contributed by atoms with E-state index in [4.69, 9.17) is 9.84 Å². The maximum atomic E-state index is 12.7. The highest BCUT2D eigenvalue weighted by molar-refractivity contribution is 5.88. The lowest BCUT2D eigenvalue weighted by molar-refractivity contribution is -0.154. The lowest BCUT2D eigenvalue weighted by atomic mass is 9.94. The van der Waals surface area contributed by atoms with Gasteiger partial charge in [-0.15, -0.1) is 0 Å². The van der Waals surface area contributed by atoms with Crippen molar-refractivity contribution in [3.05, 3.63) is 53.3 Å². The summed E-state index contributed by atoms with van der Waals surface area (Å²) in [6.07, 6.45) is 1.68. The monoisotopic (exact) mass is 343 g/mol. The van der Waals surface area contributed by atoms with Crippen LogP contribution in [0.4, 0.5) is 0 Å². The highest BCUT2D eigenvalue weighted by Crippen LogP contribution is 2.24.